The van der Waals surface area contributed by atoms with Gasteiger partial charge in [-0.15, -0.1) is 0 Å². The van der Waals surface area contributed by atoms with Crippen LogP contribution in [0.2, 0.25) is 0 Å². The molecule has 0 aromatic heterocycles. The Morgan fingerprint density at radius 3 is 2.52 bits per heavy atom. The molecule has 0 spiro atoms. The maximum atomic E-state index is 13.4. The monoisotopic (exact) mass is 351 g/mol. The maximum absolute atomic E-state index is 13.4. The van der Waals surface area contributed by atoms with Crippen LogP contribution in [0.15, 0.2) is 53.0 Å². The van der Waals surface area contributed by atoms with E-state index in [-0.39, 0.29) is 18.1 Å². The zero-order valence-electron chi connectivity index (χ0n) is 11.7. The quantitative estimate of drug-likeness (QED) is 0.850. The number of amides is 1. The number of likely N-dealkylation sites (N-methyl/N-ethyl adjacent to an activating group) is 1. The molecule has 0 aliphatic rings. The molecule has 1 atom stereocenters. The molecule has 2 aromatic rings. The number of benzene rings is 2. The lowest BCUT2D eigenvalue weighted by atomic mass is 10.2. The summed E-state index contributed by atoms with van der Waals surface area (Å²) in [6.45, 7) is 1.02. The van der Waals surface area contributed by atoms with Crippen molar-refractivity contribution < 1.29 is 14.1 Å². The summed E-state index contributed by atoms with van der Waals surface area (Å²) in [7, 11) is 1.93. The van der Waals surface area contributed by atoms with Crippen molar-refractivity contribution in [1.29, 1.82) is 0 Å². The van der Waals surface area contributed by atoms with Crippen LogP contribution >= 0.6 is 15.9 Å². The van der Waals surface area contributed by atoms with Crippen molar-refractivity contribution >= 4 is 27.5 Å². The normalized spacial score (nSPS) is 12.0. The first-order valence-corrected chi connectivity index (χ1v) is 7.44. The number of carbonyl (C=O) groups excluding carboxylic acids is 1. The molecule has 5 heteroatoms. The van der Waals surface area contributed by atoms with Crippen molar-refractivity contribution in [3.8, 4) is 0 Å². The fourth-order valence-corrected chi connectivity index (χ4v) is 2.31. The summed E-state index contributed by atoms with van der Waals surface area (Å²) in [5, 5.41) is 2.59. The van der Waals surface area contributed by atoms with E-state index in [1.54, 1.807) is 18.2 Å². The van der Waals surface area contributed by atoms with Gasteiger partial charge >= 0.3 is 0 Å². The molecule has 1 unspecified atom stereocenters. The second kappa shape index (κ2) is 7.33. The molecule has 0 aliphatic heterocycles. The minimum absolute atomic E-state index is 0.199. The van der Waals surface area contributed by atoms with Crippen LogP contribution in [-0.4, -0.2) is 19.5 Å². The summed E-state index contributed by atoms with van der Waals surface area (Å²) in [6.07, 6.45) is 0. The molecule has 3 nitrogen and oxygen atoms in total. The van der Waals surface area contributed by atoms with Crippen molar-refractivity contribution in [1.82, 2.24) is 0 Å². The van der Waals surface area contributed by atoms with Gasteiger partial charge in [0.25, 0.3) is 5.91 Å². The summed E-state index contributed by atoms with van der Waals surface area (Å²) >= 11 is 3.39. The second-order valence-electron chi connectivity index (χ2n) is 4.97. The first-order chi connectivity index (χ1) is 10.0. The molecule has 110 valence electrons. The number of hydrogen-bond donors (Lipinski definition) is 2. The minimum atomic E-state index is -0.420. The van der Waals surface area contributed by atoms with Crippen molar-refractivity contribution in [2.24, 2.45) is 0 Å². The summed E-state index contributed by atoms with van der Waals surface area (Å²) in [5.74, 6) is -0.619. The summed E-state index contributed by atoms with van der Waals surface area (Å²) in [5.41, 5.74) is 1.37. The van der Waals surface area contributed by atoms with Crippen molar-refractivity contribution in [2.75, 3.05) is 18.9 Å². The number of quaternary nitrogens is 1. The van der Waals surface area contributed by atoms with Gasteiger partial charge in [0.15, 0.2) is 6.54 Å². The molecule has 2 rings (SSSR count). The zero-order valence-corrected chi connectivity index (χ0v) is 13.3. The molecule has 0 aliphatic carbocycles. The number of hydrogen-bond acceptors (Lipinski definition) is 1. The van der Waals surface area contributed by atoms with Crippen molar-refractivity contribution in [2.45, 2.75) is 6.54 Å². The van der Waals surface area contributed by atoms with Gasteiger partial charge in [-0.05, 0) is 24.3 Å². The first-order valence-electron chi connectivity index (χ1n) is 6.65. The van der Waals surface area contributed by atoms with Crippen LogP contribution in [0.1, 0.15) is 5.56 Å². The fourth-order valence-electron chi connectivity index (χ4n) is 2.04. The minimum Gasteiger partial charge on any atom is -0.326 e. The Labute approximate surface area is 131 Å². The third kappa shape index (κ3) is 4.95. The predicted molar refractivity (Wildman–Crippen MR) is 84.6 cm³/mol. The topological polar surface area (TPSA) is 33.5 Å². The standard InChI is InChI=1S/C16H16BrFN2O/c1-20(10-12-6-8-13(17)9-7-12)11-16(21)19-15-5-3-2-4-14(15)18/h2-9H,10-11H2,1H3,(H,19,21)/p+1. The molecule has 2 N–H and O–H groups in total. The van der Waals surface area contributed by atoms with Crippen LogP contribution in [0.25, 0.3) is 0 Å². The van der Waals surface area contributed by atoms with E-state index in [4.69, 9.17) is 0 Å². The molecule has 0 saturated heterocycles. The van der Waals surface area contributed by atoms with Crippen LogP contribution in [0.3, 0.4) is 0 Å². The Bertz CT molecular complexity index is 616. The molecule has 21 heavy (non-hydrogen) atoms. The third-order valence-corrected chi connectivity index (χ3v) is 3.56. The van der Waals surface area contributed by atoms with Gasteiger partial charge in [0.2, 0.25) is 0 Å². The van der Waals surface area contributed by atoms with E-state index in [1.807, 2.05) is 31.3 Å². The maximum Gasteiger partial charge on any atom is 0.279 e. The average molecular weight is 352 g/mol. The third-order valence-electron chi connectivity index (χ3n) is 3.03. The smallest absolute Gasteiger partial charge is 0.279 e. The number of halogens is 2. The van der Waals surface area contributed by atoms with Gasteiger partial charge in [-0.2, -0.15) is 0 Å². The lowest BCUT2D eigenvalue weighted by Crippen LogP contribution is -3.08. The van der Waals surface area contributed by atoms with Gasteiger partial charge in [0, 0.05) is 10.0 Å². The van der Waals surface area contributed by atoms with Crippen molar-refractivity contribution in [3.05, 3.63) is 64.4 Å². The highest BCUT2D eigenvalue weighted by Gasteiger charge is 2.12. The molecule has 1 amide bonds. The molecule has 0 fully saturated rings. The Morgan fingerprint density at radius 2 is 1.86 bits per heavy atom. The number of para-hydroxylation sites is 1. The van der Waals surface area contributed by atoms with E-state index in [2.05, 4.69) is 21.2 Å². The highest BCUT2D eigenvalue weighted by molar-refractivity contribution is 9.10. The average Bonchev–Trinajstić information content (AvgIpc) is 2.44. The Balaban J connectivity index is 1.87. The lowest BCUT2D eigenvalue weighted by Gasteiger charge is -2.14. The van der Waals surface area contributed by atoms with Gasteiger partial charge in [0.05, 0.1) is 12.7 Å². The summed E-state index contributed by atoms with van der Waals surface area (Å²) in [4.78, 5) is 12.9. The second-order valence-corrected chi connectivity index (χ2v) is 5.88. The van der Waals surface area contributed by atoms with E-state index in [9.17, 15) is 9.18 Å². The van der Waals surface area contributed by atoms with Crippen LogP contribution < -0.4 is 10.2 Å². The van der Waals surface area contributed by atoms with E-state index in [1.165, 1.54) is 6.07 Å². The van der Waals surface area contributed by atoms with Crippen LogP contribution in [0.4, 0.5) is 10.1 Å². The van der Waals surface area contributed by atoms with Crippen LogP contribution in [0.5, 0.6) is 0 Å². The highest BCUT2D eigenvalue weighted by Crippen LogP contribution is 2.12. The number of rotatable bonds is 5. The van der Waals surface area contributed by atoms with Gasteiger partial charge in [0.1, 0.15) is 12.4 Å². The molecular formula is C16H17BrFN2O+. The van der Waals surface area contributed by atoms with Gasteiger partial charge in [-0.1, -0.05) is 40.2 Å². The highest BCUT2D eigenvalue weighted by atomic mass is 79.9. The molecule has 0 bridgehead atoms. The van der Waals surface area contributed by atoms with Gasteiger partial charge in [-0.3, -0.25) is 4.79 Å². The predicted octanol–water partition coefficient (Wildman–Crippen LogP) is 2.24. The zero-order chi connectivity index (χ0) is 15.2. The molecular weight excluding hydrogens is 335 g/mol. The van der Waals surface area contributed by atoms with Gasteiger partial charge < -0.3 is 10.2 Å². The largest absolute Gasteiger partial charge is 0.326 e. The summed E-state index contributed by atoms with van der Waals surface area (Å²) < 4.78 is 14.5. The van der Waals surface area contributed by atoms with E-state index in [0.717, 1.165) is 21.5 Å². The molecule has 0 heterocycles. The van der Waals surface area contributed by atoms with Crippen LogP contribution in [-0.2, 0) is 11.3 Å². The number of anilines is 1. The first kappa shape index (κ1) is 15.7. The Hall–Kier alpha value is -1.72. The SMILES string of the molecule is C[NH+](CC(=O)Nc1ccccc1F)Cc1ccc(Br)cc1. The number of carbonyl (C=O) groups is 1. The Morgan fingerprint density at radius 1 is 1.19 bits per heavy atom. The molecule has 0 saturated carbocycles. The van der Waals surface area contributed by atoms with E-state index in [0.29, 0.717) is 0 Å². The Kier molecular flexibility index (Phi) is 5.47. The van der Waals surface area contributed by atoms with Crippen LogP contribution in [0, 0.1) is 5.82 Å². The lowest BCUT2D eigenvalue weighted by molar-refractivity contribution is -0.885. The molecule has 0 radical (unpaired) electrons. The molecule has 2 aromatic carbocycles. The van der Waals surface area contributed by atoms with E-state index < -0.39 is 5.82 Å². The van der Waals surface area contributed by atoms with Crippen molar-refractivity contribution in [3.63, 3.8) is 0 Å². The number of nitrogens with one attached hydrogen (secondary N) is 2. The summed E-state index contributed by atoms with van der Waals surface area (Å²) in [6, 6.07) is 14.1. The fraction of sp³-hybridized carbons (Fsp3) is 0.188. The van der Waals surface area contributed by atoms with E-state index >= 15 is 0 Å². The van der Waals surface area contributed by atoms with Gasteiger partial charge in [-0.25, -0.2) is 4.39 Å².